The van der Waals surface area contributed by atoms with Gasteiger partial charge in [-0.2, -0.15) is 5.26 Å². The average molecular weight is 727 g/mol. The number of nitriles is 1. The fraction of sp³-hybridized carbons (Fsp3) is 0.342. The van der Waals surface area contributed by atoms with E-state index in [0.717, 1.165) is 51.0 Å². The fourth-order valence-electron chi connectivity index (χ4n) is 6.73. The van der Waals surface area contributed by atoms with E-state index in [4.69, 9.17) is 23.2 Å². The highest BCUT2D eigenvalue weighted by atomic mass is 35.5. The van der Waals surface area contributed by atoms with Gasteiger partial charge in [-0.1, -0.05) is 40.5 Å². The first-order chi connectivity index (χ1) is 24.5. The Morgan fingerprint density at radius 3 is 2.47 bits per heavy atom. The molecule has 51 heavy (non-hydrogen) atoms. The Labute approximate surface area is 306 Å². The first-order valence-corrected chi connectivity index (χ1v) is 17.8. The third kappa shape index (κ3) is 7.22. The van der Waals surface area contributed by atoms with E-state index in [9.17, 15) is 14.4 Å². The number of nitrogens with zero attached hydrogens (tertiary/aromatic N) is 7. The van der Waals surface area contributed by atoms with Crippen LogP contribution in [0.1, 0.15) is 79.3 Å². The molecule has 0 aliphatic carbocycles. The lowest BCUT2D eigenvalue weighted by Gasteiger charge is -2.40. The van der Waals surface area contributed by atoms with E-state index < -0.39 is 11.9 Å². The van der Waals surface area contributed by atoms with Crippen LogP contribution in [0.3, 0.4) is 0 Å². The van der Waals surface area contributed by atoms with Crippen LogP contribution >= 0.6 is 23.2 Å². The van der Waals surface area contributed by atoms with Gasteiger partial charge in [0, 0.05) is 60.2 Å². The van der Waals surface area contributed by atoms with Crippen LogP contribution in [0.15, 0.2) is 67.0 Å². The molecular formula is C38H38Cl2FN9O. The summed E-state index contributed by atoms with van der Waals surface area (Å²) in [6.45, 7) is 10.2. The van der Waals surface area contributed by atoms with Crippen molar-refractivity contribution in [2.75, 3.05) is 36.8 Å². The number of rotatable bonds is 8. The predicted octanol–water partition coefficient (Wildman–Crippen LogP) is 8.37. The molecule has 5 aromatic rings. The number of piperidine rings is 1. The van der Waals surface area contributed by atoms with Crippen LogP contribution in [0.4, 0.5) is 21.5 Å². The van der Waals surface area contributed by atoms with Crippen LogP contribution in [0.2, 0.25) is 10.0 Å². The molecule has 262 valence electrons. The summed E-state index contributed by atoms with van der Waals surface area (Å²) in [4.78, 5) is 22.1. The first kappa shape index (κ1) is 34.7. The molecule has 0 spiro atoms. The molecule has 2 aromatic heterocycles. The van der Waals surface area contributed by atoms with Crippen molar-refractivity contribution in [3.8, 4) is 6.07 Å². The minimum Gasteiger partial charge on any atom is -0.373 e. The number of aromatic nitrogens is 4. The normalized spacial score (nSPS) is 16.1. The van der Waals surface area contributed by atoms with Crippen molar-refractivity contribution in [1.82, 2.24) is 29.8 Å². The molecule has 0 radical (unpaired) electrons. The third-order valence-corrected chi connectivity index (χ3v) is 10.3. The topological polar surface area (TPSA) is 115 Å². The van der Waals surface area contributed by atoms with Gasteiger partial charge in [-0.3, -0.25) is 14.7 Å². The minimum atomic E-state index is -0.550. The summed E-state index contributed by atoms with van der Waals surface area (Å²) in [6.07, 6.45) is 6.36. The number of pyridine rings is 1. The van der Waals surface area contributed by atoms with Crippen molar-refractivity contribution in [2.24, 2.45) is 0 Å². The maximum atomic E-state index is 14.0. The average Bonchev–Trinajstić information content (AvgIpc) is 3.58. The Balaban J connectivity index is 1.27. The van der Waals surface area contributed by atoms with E-state index in [2.05, 4.69) is 57.7 Å². The number of anilines is 3. The molecule has 1 atom stereocenters. The van der Waals surface area contributed by atoms with Crippen molar-refractivity contribution >= 4 is 57.1 Å². The second-order valence-corrected chi connectivity index (χ2v) is 14.9. The summed E-state index contributed by atoms with van der Waals surface area (Å²) in [5.41, 5.74) is 4.53. The number of halogens is 3. The van der Waals surface area contributed by atoms with E-state index in [-0.39, 0.29) is 28.1 Å². The second kappa shape index (κ2) is 14.1. The first-order valence-electron chi connectivity index (χ1n) is 17.1. The van der Waals surface area contributed by atoms with Crippen molar-refractivity contribution in [3.63, 3.8) is 0 Å². The van der Waals surface area contributed by atoms with Crippen molar-refractivity contribution in [2.45, 2.75) is 57.7 Å². The number of amides is 1. The van der Waals surface area contributed by atoms with Gasteiger partial charge in [0.1, 0.15) is 17.6 Å². The molecule has 2 N–H and O–H groups in total. The van der Waals surface area contributed by atoms with Crippen molar-refractivity contribution < 1.29 is 9.18 Å². The zero-order chi connectivity index (χ0) is 35.9. The Kier molecular flexibility index (Phi) is 9.59. The lowest BCUT2D eigenvalue weighted by molar-refractivity contribution is 0.0651. The summed E-state index contributed by atoms with van der Waals surface area (Å²) in [7, 11) is 0. The molecule has 7 rings (SSSR count). The van der Waals surface area contributed by atoms with Gasteiger partial charge in [-0.25, -0.2) is 9.07 Å². The van der Waals surface area contributed by atoms with Crippen LogP contribution in [0.25, 0.3) is 10.9 Å². The lowest BCUT2D eigenvalue weighted by atomic mass is 9.98. The fourth-order valence-corrected chi connectivity index (χ4v) is 7.18. The molecule has 0 unspecified atom stereocenters. The largest absolute Gasteiger partial charge is 0.373 e. The molecule has 2 fully saturated rings. The smallest absolute Gasteiger partial charge is 0.253 e. The molecule has 4 heterocycles. The molecule has 13 heteroatoms. The second-order valence-electron chi connectivity index (χ2n) is 14.1. The molecule has 3 aromatic carbocycles. The number of nitrogens with one attached hydrogen (secondary N) is 2. The van der Waals surface area contributed by atoms with Crippen LogP contribution in [-0.2, 0) is 0 Å². The van der Waals surface area contributed by atoms with E-state index in [1.165, 1.54) is 18.3 Å². The van der Waals surface area contributed by atoms with E-state index >= 15 is 0 Å². The Hall–Kier alpha value is -4.76. The maximum absolute atomic E-state index is 14.0. The summed E-state index contributed by atoms with van der Waals surface area (Å²) in [5.74, 6) is -0.553. The zero-order valence-electron chi connectivity index (χ0n) is 28.6. The predicted molar refractivity (Wildman–Crippen MR) is 198 cm³/mol. The number of hydrogen-bond acceptors (Lipinski definition) is 8. The number of fused-ring (bicyclic) bond motifs is 1. The number of carbonyl (C=O) groups excluding carboxylic acids is 1. The Morgan fingerprint density at radius 2 is 1.78 bits per heavy atom. The van der Waals surface area contributed by atoms with Crippen LogP contribution < -0.4 is 10.6 Å². The molecule has 1 amide bonds. The highest BCUT2D eigenvalue weighted by molar-refractivity contribution is 6.36. The van der Waals surface area contributed by atoms with Gasteiger partial charge < -0.3 is 15.5 Å². The lowest BCUT2D eigenvalue weighted by Crippen LogP contribution is -2.46. The molecule has 0 bridgehead atoms. The molecule has 10 nitrogen and oxygen atoms in total. The van der Waals surface area contributed by atoms with Gasteiger partial charge in [0.25, 0.3) is 5.91 Å². The summed E-state index contributed by atoms with van der Waals surface area (Å²) >= 11 is 12.9. The summed E-state index contributed by atoms with van der Waals surface area (Å²) in [5, 5.41) is 27.0. The zero-order valence-corrected chi connectivity index (χ0v) is 30.1. The monoisotopic (exact) mass is 725 g/mol. The standard InChI is InChI=1S/C38H38Cl2FN9O/c1-38(2,3)49-14-10-28(11-15-49)50-22-33(46-47-50)35(23-6-4-7-24(16-23)37(51)48-12-5-13-48)45-27-17-29-34(44-26-8-9-32(41)30(39)18-26)25(20-42)21-43-36(29)31(40)19-27/h4,6-9,16-19,21-22,28,35,45H,5,10-15H2,1-3H3,(H,43,44)/t35-/m0/s1. The van der Waals surface area contributed by atoms with E-state index in [1.807, 2.05) is 46.1 Å². The van der Waals surface area contributed by atoms with Gasteiger partial charge in [0.2, 0.25) is 0 Å². The molecule has 2 saturated heterocycles. The van der Waals surface area contributed by atoms with Crippen molar-refractivity contribution in [1.29, 1.82) is 5.26 Å². The van der Waals surface area contributed by atoms with Crippen LogP contribution in [0.5, 0.6) is 0 Å². The SMILES string of the molecule is CC(C)(C)N1CCC(n2cc([C@@H](Nc3cc(Cl)c4ncc(C#N)c(Nc5ccc(F)c(Cl)c5)c4c3)c3cccc(C(=O)N4CCC4)c3)nn2)CC1. The summed E-state index contributed by atoms with van der Waals surface area (Å²) in [6, 6.07) is 17.4. The third-order valence-electron chi connectivity index (χ3n) is 9.77. The Morgan fingerprint density at radius 1 is 1.02 bits per heavy atom. The Bertz CT molecular complexity index is 2150. The van der Waals surface area contributed by atoms with E-state index in [1.54, 1.807) is 12.1 Å². The van der Waals surface area contributed by atoms with Gasteiger partial charge in [-0.05, 0) is 88.1 Å². The number of likely N-dealkylation sites (tertiary alicyclic amines) is 2. The molecule has 0 saturated carbocycles. The minimum absolute atomic E-state index is 0.00316. The van der Waals surface area contributed by atoms with Gasteiger partial charge >= 0.3 is 0 Å². The van der Waals surface area contributed by atoms with Gasteiger partial charge in [0.05, 0.1) is 45.1 Å². The van der Waals surface area contributed by atoms with Crippen LogP contribution in [-0.4, -0.2) is 67.4 Å². The van der Waals surface area contributed by atoms with Gasteiger partial charge in [-0.15, -0.1) is 5.10 Å². The number of carbonyl (C=O) groups is 1. The van der Waals surface area contributed by atoms with Crippen LogP contribution in [0, 0.1) is 17.1 Å². The highest BCUT2D eigenvalue weighted by Gasteiger charge is 2.30. The molecular weight excluding hydrogens is 688 g/mol. The highest BCUT2D eigenvalue weighted by Crippen LogP contribution is 2.38. The number of hydrogen-bond donors (Lipinski definition) is 2. The quantitative estimate of drug-likeness (QED) is 0.164. The number of benzene rings is 3. The van der Waals surface area contributed by atoms with Crippen molar-refractivity contribution in [3.05, 3.63) is 105 Å². The molecule has 2 aliphatic rings. The van der Waals surface area contributed by atoms with E-state index in [0.29, 0.717) is 44.2 Å². The maximum Gasteiger partial charge on any atom is 0.253 e. The summed E-state index contributed by atoms with van der Waals surface area (Å²) < 4.78 is 15.9. The molecule has 2 aliphatic heterocycles. The van der Waals surface area contributed by atoms with Gasteiger partial charge in [0.15, 0.2) is 0 Å².